The van der Waals surface area contributed by atoms with Crippen molar-refractivity contribution in [2.75, 3.05) is 6.54 Å². The number of fused-ring (bicyclic) bond motifs is 1. The first-order valence-corrected chi connectivity index (χ1v) is 7.38. The lowest BCUT2D eigenvalue weighted by Gasteiger charge is -2.24. The Hall–Kier alpha value is -1.20. The number of aromatic nitrogens is 3. The molecular weight excluding hydrogens is 244 g/mol. The Bertz CT molecular complexity index is 582. The molecule has 1 fully saturated rings. The zero-order valence-corrected chi connectivity index (χ0v) is 11.2. The Morgan fingerprint density at radius 3 is 2.94 bits per heavy atom. The van der Waals surface area contributed by atoms with Gasteiger partial charge in [-0.3, -0.25) is 0 Å². The van der Waals surface area contributed by atoms with Crippen molar-refractivity contribution >= 4 is 11.3 Å². The maximum absolute atomic E-state index is 4.44. The van der Waals surface area contributed by atoms with Crippen LogP contribution in [0.25, 0.3) is 10.7 Å². The molecule has 2 aliphatic rings. The fourth-order valence-corrected chi connectivity index (χ4v) is 3.59. The molecule has 5 heteroatoms. The van der Waals surface area contributed by atoms with Gasteiger partial charge in [0, 0.05) is 18.0 Å². The Kier molecular flexibility index (Phi) is 2.32. The number of hydrogen-bond donors (Lipinski definition) is 1. The third-order valence-corrected chi connectivity index (χ3v) is 4.81. The van der Waals surface area contributed by atoms with Crippen molar-refractivity contribution in [3.63, 3.8) is 0 Å². The fraction of sp³-hybridized carbons (Fsp3) is 0.538. The van der Waals surface area contributed by atoms with Crippen LogP contribution in [0.4, 0.5) is 0 Å². The summed E-state index contributed by atoms with van der Waals surface area (Å²) in [6, 6.07) is 4.74. The van der Waals surface area contributed by atoms with E-state index in [0.717, 1.165) is 30.7 Å². The van der Waals surface area contributed by atoms with Gasteiger partial charge < -0.3 is 9.88 Å². The van der Waals surface area contributed by atoms with Crippen LogP contribution in [-0.2, 0) is 6.54 Å². The Morgan fingerprint density at radius 1 is 1.33 bits per heavy atom. The number of rotatable bonds is 2. The van der Waals surface area contributed by atoms with E-state index in [1.165, 1.54) is 22.6 Å². The highest BCUT2D eigenvalue weighted by Crippen LogP contribution is 2.42. The summed E-state index contributed by atoms with van der Waals surface area (Å²) in [6.07, 6.45) is 2.66. The summed E-state index contributed by atoms with van der Waals surface area (Å²) in [5.74, 6) is 2.98. The molecule has 1 aliphatic heterocycles. The zero-order valence-electron chi connectivity index (χ0n) is 10.4. The molecule has 0 spiro atoms. The first-order valence-electron chi connectivity index (χ1n) is 6.56. The molecule has 0 saturated heterocycles. The van der Waals surface area contributed by atoms with E-state index in [1.54, 1.807) is 11.3 Å². The van der Waals surface area contributed by atoms with Crippen LogP contribution < -0.4 is 5.32 Å². The van der Waals surface area contributed by atoms with Crippen molar-refractivity contribution < 1.29 is 0 Å². The normalized spacial score (nSPS) is 23.1. The number of nitrogens with one attached hydrogen (secondary N) is 1. The van der Waals surface area contributed by atoms with Crippen LogP contribution >= 0.6 is 11.3 Å². The molecule has 1 unspecified atom stereocenters. The summed E-state index contributed by atoms with van der Waals surface area (Å²) >= 11 is 1.80. The van der Waals surface area contributed by atoms with Gasteiger partial charge in [0.15, 0.2) is 11.6 Å². The average Bonchev–Trinajstić information content (AvgIpc) is 2.99. The van der Waals surface area contributed by atoms with Crippen molar-refractivity contribution in [2.24, 2.45) is 5.92 Å². The molecule has 0 amide bonds. The highest BCUT2D eigenvalue weighted by atomic mass is 32.1. The summed E-state index contributed by atoms with van der Waals surface area (Å²) < 4.78 is 2.31. The first kappa shape index (κ1) is 10.7. The summed E-state index contributed by atoms with van der Waals surface area (Å²) in [6.45, 7) is 4.15. The van der Waals surface area contributed by atoms with Crippen molar-refractivity contribution in [2.45, 2.75) is 32.4 Å². The van der Waals surface area contributed by atoms with Gasteiger partial charge >= 0.3 is 0 Å². The van der Waals surface area contributed by atoms with Gasteiger partial charge in [-0.1, -0.05) is 0 Å². The van der Waals surface area contributed by atoms with E-state index in [-0.39, 0.29) is 0 Å². The van der Waals surface area contributed by atoms with Gasteiger partial charge in [0.05, 0.1) is 10.9 Å². The Balaban J connectivity index is 1.77. The van der Waals surface area contributed by atoms with Crippen LogP contribution in [0.15, 0.2) is 12.1 Å². The topological polar surface area (TPSA) is 42.7 Å². The van der Waals surface area contributed by atoms with Crippen molar-refractivity contribution in [3.05, 3.63) is 22.8 Å². The predicted molar refractivity (Wildman–Crippen MR) is 71.5 cm³/mol. The zero-order chi connectivity index (χ0) is 12.1. The minimum atomic E-state index is 0.432. The quantitative estimate of drug-likeness (QED) is 0.901. The number of hydrogen-bond acceptors (Lipinski definition) is 4. The van der Waals surface area contributed by atoms with E-state index in [2.05, 4.69) is 39.1 Å². The predicted octanol–water partition coefficient (Wildman–Crippen LogP) is 2.37. The molecule has 0 aromatic carbocycles. The van der Waals surface area contributed by atoms with Gasteiger partial charge in [0.2, 0.25) is 0 Å². The van der Waals surface area contributed by atoms with E-state index < -0.39 is 0 Å². The molecule has 3 heterocycles. The molecule has 1 N–H and O–H groups in total. The van der Waals surface area contributed by atoms with Gasteiger partial charge in [-0.25, -0.2) is 0 Å². The largest absolute Gasteiger partial charge is 0.308 e. The summed E-state index contributed by atoms with van der Waals surface area (Å²) in [4.78, 5) is 2.57. The Morgan fingerprint density at radius 2 is 2.22 bits per heavy atom. The van der Waals surface area contributed by atoms with E-state index in [0.29, 0.717) is 6.04 Å². The maximum atomic E-state index is 4.44. The first-order chi connectivity index (χ1) is 8.83. The number of aryl methyl sites for hydroxylation is 1. The van der Waals surface area contributed by atoms with Gasteiger partial charge in [-0.15, -0.1) is 21.5 Å². The smallest absolute Gasteiger partial charge is 0.174 e. The summed E-state index contributed by atoms with van der Waals surface area (Å²) in [7, 11) is 0. The van der Waals surface area contributed by atoms with E-state index in [9.17, 15) is 0 Å². The number of thiophene rings is 1. The second-order valence-corrected chi connectivity index (χ2v) is 6.50. The van der Waals surface area contributed by atoms with Gasteiger partial charge in [0.1, 0.15) is 0 Å². The minimum Gasteiger partial charge on any atom is -0.308 e. The van der Waals surface area contributed by atoms with Crippen LogP contribution in [0.1, 0.15) is 29.6 Å². The third kappa shape index (κ3) is 1.61. The molecule has 4 rings (SSSR count). The maximum Gasteiger partial charge on any atom is 0.174 e. The monoisotopic (exact) mass is 260 g/mol. The Labute approximate surface area is 110 Å². The third-order valence-electron chi connectivity index (χ3n) is 3.81. The standard InChI is InChI=1S/C13H16N4S/c1-8-2-5-10(18-8)12-15-16-13-11(9-3-4-9)14-6-7-17(12)13/h2,5,9,11,14H,3-4,6-7H2,1H3. The molecule has 0 radical (unpaired) electrons. The molecule has 2 aromatic heterocycles. The van der Waals surface area contributed by atoms with Crippen molar-refractivity contribution in [1.29, 1.82) is 0 Å². The minimum absolute atomic E-state index is 0.432. The second kappa shape index (κ2) is 3.90. The van der Waals surface area contributed by atoms with Crippen LogP contribution in [-0.4, -0.2) is 21.3 Å². The summed E-state index contributed by atoms with van der Waals surface area (Å²) in [5.41, 5.74) is 0. The highest BCUT2D eigenvalue weighted by Gasteiger charge is 2.37. The second-order valence-electron chi connectivity index (χ2n) is 5.21. The van der Waals surface area contributed by atoms with Crippen LogP contribution in [0.5, 0.6) is 0 Å². The van der Waals surface area contributed by atoms with E-state index in [4.69, 9.17) is 0 Å². The molecular formula is C13H16N4S. The molecule has 1 saturated carbocycles. The SMILES string of the molecule is Cc1ccc(-c2nnc3n2CCNC3C2CC2)s1. The van der Waals surface area contributed by atoms with Crippen molar-refractivity contribution in [1.82, 2.24) is 20.1 Å². The lowest BCUT2D eigenvalue weighted by atomic mass is 10.1. The van der Waals surface area contributed by atoms with Crippen molar-refractivity contribution in [3.8, 4) is 10.7 Å². The van der Waals surface area contributed by atoms with Gasteiger partial charge in [0.25, 0.3) is 0 Å². The molecule has 2 aromatic rings. The molecule has 0 bridgehead atoms. The number of nitrogens with zero attached hydrogens (tertiary/aromatic N) is 3. The summed E-state index contributed by atoms with van der Waals surface area (Å²) in [5, 5.41) is 12.5. The average molecular weight is 260 g/mol. The lowest BCUT2D eigenvalue weighted by molar-refractivity contribution is 0.383. The van der Waals surface area contributed by atoms with Crippen LogP contribution in [0, 0.1) is 12.8 Å². The van der Waals surface area contributed by atoms with E-state index >= 15 is 0 Å². The molecule has 94 valence electrons. The van der Waals surface area contributed by atoms with E-state index in [1.807, 2.05) is 0 Å². The molecule has 1 atom stereocenters. The van der Waals surface area contributed by atoms with Gasteiger partial charge in [-0.05, 0) is 37.8 Å². The lowest BCUT2D eigenvalue weighted by Crippen LogP contribution is -2.35. The molecule has 18 heavy (non-hydrogen) atoms. The van der Waals surface area contributed by atoms with Crippen LogP contribution in [0.3, 0.4) is 0 Å². The fourth-order valence-electron chi connectivity index (χ4n) is 2.73. The van der Waals surface area contributed by atoms with Gasteiger partial charge in [-0.2, -0.15) is 0 Å². The molecule has 4 nitrogen and oxygen atoms in total. The highest BCUT2D eigenvalue weighted by molar-refractivity contribution is 7.15. The molecule has 1 aliphatic carbocycles. The van der Waals surface area contributed by atoms with Crippen LogP contribution in [0.2, 0.25) is 0 Å².